The average molecular weight is 321 g/mol. The number of nitrogens with zero attached hydrogens (tertiary/aromatic N) is 1. The average Bonchev–Trinajstić information content (AvgIpc) is 2.46. The summed E-state index contributed by atoms with van der Waals surface area (Å²) >= 11 is 1.49. The Balaban J connectivity index is 0.00000112. The van der Waals surface area contributed by atoms with Crippen molar-refractivity contribution in [1.29, 1.82) is 0 Å². The van der Waals surface area contributed by atoms with E-state index in [-0.39, 0.29) is 32.8 Å². The summed E-state index contributed by atoms with van der Waals surface area (Å²) in [5, 5.41) is 10.2. The van der Waals surface area contributed by atoms with E-state index in [1.807, 2.05) is 37.3 Å². The molecule has 0 aromatic carbocycles. The van der Waals surface area contributed by atoms with Crippen LogP contribution in [0.5, 0.6) is 5.88 Å². The Morgan fingerprint density at radius 3 is 2.75 bits per heavy atom. The van der Waals surface area contributed by atoms with Crippen molar-refractivity contribution in [3.63, 3.8) is 0 Å². The second-order valence-electron chi connectivity index (χ2n) is 2.88. The Bertz CT molecular complexity index is 460. The number of aromatic nitrogens is 1. The molecule has 0 amide bonds. The van der Waals surface area contributed by atoms with Gasteiger partial charge < -0.3 is 12.5 Å². The molecule has 1 aliphatic rings. The summed E-state index contributed by atoms with van der Waals surface area (Å²) in [6.07, 6.45) is 9.46. The Kier molecular flexibility index (Phi) is 6.21. The van der Waals surface area contributed by atoms with Crippen molar-refractivity contribution in [3.8, 4) is 5.88 Å². The molecule has 1 aromatic heterocycles. The van der Waals surface area contributed by atoms with Crippen LogP contribution in [0.25, 0.3) is 5.57 Å². The Morgan fingerprint density at radius 1 is 1.38 bits per heavy atom. The van der Waals surface area contributed by atoms with E-state index in [9.17, 15) is 5.11 Å². The van der Waals surface area contributed by atoms with Crippen molar-refractivity contribution in [2.45, 2.75) is 6.92 Å². The van der Waals surface area contributed by atoms with Gasteiger partial charge in [0.1, 0.15) is 5.01 Å². The van der Waals surface area contributed by atoms with Gasteiger partial charge in [-0.25, -0.2) is 4.98 Å². The van der Waals surface area contributed by atoms with Gasteiger partial charge in [-0.2, -0.15) is 0 Å². The molecule has 0 atom stereocenters. The largest absolute Gasteiger partial charge is 0.492 e. The van der Waals surface area contributed by atoms with Crippen molar-refractivity contribution in [2.75, 3.05) is 0 Å². The Morgan fingerprint density at radius 2 is 2.12 bits per heavy atom. The number of thiazole rings is 1. The van der Waals surface area contributed by atoms with Gasteiger partial charge in [0.15, 0.2) is 0 Å². The topological polar surface area (TPSA) is 33.1 Å². The third-order valence-corrected chi connectivity index (χ3v) is 2.86. The first-order chi connectivity index (χ1) is 6.77. The molecule has 0 saturated heterocycles. The molecule has 2 nitrogen and oxygen atoms in total. The number of rotatable bonds is 1. The molecule has 87 valence electrons. The van der Waals surface area contributed by atoms with Gasteiger partial charge in [0, 0.05) is 25.1 Å². The molecule has 0 bridgehead atoms. The summed E-state index contributed by atoms with van der Waals surface area (Å²) in [4.78, 5) is 4.91. The first kappa shape index (κ1) is 15.1. The standard InChI is InChI=1S/C11H9NOS.CH3.Rh/c1-8-10(13)12-11(14-8)9-6-4-2-3-5-7-9;;/h2,4-7,13H,1H3;1H3;/q;-1;. The van der Waals surface area contributed by atoms with Gasteiger partial charge in [-0.05, 0) is 25.2 Å². The predicted octanol–water partition coefficient (Wildman–Crippen LogP) is 3.27. The van der Waals surface area contributed by atoms with Crippen LogP contribution in [0, 0.1) is 14.4 Å². The van der Waals surface area contributed by atoms with Crippen molar-refractivity contribution < 1.29 is 24.6 Å². The molecule has 0 unspecified atom stereocenters. The maximum Gasteiger partial charge on any atom is 0.225 e. The van der Waals surface area contributed by atoms with Crippen LogP contribution in [-0.2, 0) is 19.5 Å². The number of allylic oxidation sites excluding steroid dienone is 5. The van der Waals surface area contributed by atoms with Gasteiger partial charge in [-0.15, -0.1) is 17.1 Å². The molecule has 1 aromatic rings. The quantitative estimate of drug-likeness (QED) is 0.489. The molecule has 16 heavy (non-hydrogen) atoms. The van der Waals surface area contributed by atoms with Crippen molar-refractivity contribution in [3.05, 3.63) is 53.4 Å². The fourth-order valence-electron chi connectivity index (χ4n) is 1.11. The fraction of sp³-hybridized carbons (Fsp3) is 0.0833. The van der Waals surface area contributed by atoms with Crippen molar-refractivity contribution in [1.82, 2.24) is 4.98 Å². The maximum atomic E-state index is 9.36. The third-order valence-electron chi connectivity index (χ3n) is 1.85. The molecule has 0 fully saturated rings. The van der Waals surface area contributed by atoms with E-state index in [1.54, 1.807) is 0 Å². The minimum atomic E-state index is 0. The van der Waals surface area contributed by atoms with Gasteiger partial charge in [0.2, 0.25) is 5.88 Å². The van der Waals surface area contributed by atoms with Crippen LogP contribution in [0.2, 0.25) is 0 Å². The molecule has 1 heterocycles. The summed E-state index contributed by atoms with van der Waals surface area (Å²) in [6, 6.07) is 0. The summed E-state index contributed by atoms with van der Waals surface area (Å²) in [7, 11) is 0. The van der Waals surface area contributed by atoms with E-state index in [1.165, 1.54) is 11.3 Å². The van der Waals surface area contributed by atoms with Crippen LogP contribution in [0.4, 0.5) is 0 Å². The second-order valence-corrected chi connectivity index (χ2v) is 4.08. The Hall–Kier alpha value is -0.947. The van der Waals surface area contributed by atoms with Gasteiger partial charge in [-0.3, -0.25) is 0 Å². The van der Waals surface area contributed by atoms with Crippen LogP contribution in [-0.4, -0.2) is 10.1 Å². The zero-order valence-corrected chi connectivity index (χ0v) is 11.5. The van der Waals surface area contributed by atoms with Crippen LogP contribution in [0.15, 0.2) is 36.1 Å². The van der Waals surface area contributed by atoms with E-state index in [0.717, 1.165) is 15.5 Å². The summed E-state index contributed by atoms with van der Waals surface area (Å²) in [6.45, 7) is 1.85. The number of aryl methyl sites for hydroxylation is 1. The molecule has 0 aliphatic heterocycles. The Labute approximate surface area is 112 Å². The molecule has 2 rings (SSSR count). The van der Waals surface area contributed by atoms with Gasteiger partial charge in [0.05, 0.1) is 4.88 Å². The van der Waals surface area contributed by atoms with Crippen LogP contribution in [0.3, 0.4) is 0 Å². The van der Waals surface area contributed by atoms with Crippen molar-refractivity contribution >= 4 is 16.9 Å². The van der Waals surface area contributed by atoms with Crippen LogP contribution < -0.4 is 0 Å². The van der Waals surface area contributed by atoms with Crippen LogP contribution >= 0.6 is 11.3 Å². The van der Waals surface area contributed by atoms with E-state index in [2.05, 4.69) is 10.7 Å². The van der Waals surface area contributed by atoms with Gasteiger partial charge in [0.25, 0.3) is 0 Å². The fourth-order valence-corrected chi connectivity index (χ4v) is 1.92. The van der Waals surface area contributed by atoms with E-state index < -0.39 is 0 Å². The number of aromatic hydroxyl groups is 1. The monoisotopic (exact) mass is 321 g/mol. The molecular weight excluding hydrogens is 309 g/mol. The summed E-state index contributed by atoms with van der Waals surface area (Å²) in [5.74, 6) is 0.125. The first-order valence-electron chi connectivity index (χ1n) is 4.23. The van der Waals surface area contributed by atoms with E-state index in [0.29, 0.717) is 0 Å². The SMILES string of the molecule is Cc1sc(C2=CC=C=CC=C2)nc1O.[CH3-].[Rh]. The maximum absolute atomic E-state index is 9.36. The smallest absolute Gasteiger partial charge is 0.225 e. The summed E-state index contributed by atoms with van der Waals surface area (Å²) < 4.78 is 0. The molecular formula is C12H12NORhS-. The minimum Gasteiger partial charge on any atom is -0.492 e. The molecule has 1 radical (unpaired) electrons. The molecule has 1 N–H and O–H groups in total. The van der Waals surface area contributed by atoms with E-state index >= 15 is 0 Å². The molecule has 0 saturated carbocycles. The second kappa shape index (κ2) is 6.60. The molecule has 4 heteroatoms. The third kappa shape index (κ3) is 3.28. The first-order valence-corrected chi connectivity index (χ1v) is 5.05. The number of hydrogen-bond acceptors (Lipinski definition) is 3. The van der Waals surface area contributed by atoms with Gasteiger partial charge in [-0.1, -0.05) is 12.2 Å². The summed E-state index contributed by atoms with van der Waals surface area (Å²) in [5.41, 5.74) is 3.97. The van der Waals surface area contributed by atoms with Gasteiger partial charge >= 0.3 is 0 Å². The number of hydrogen-bond donors (Lipinski definition) is 1. The zero-order chi connectivity index (χ0) is 9.97. The minimum absolute atomic E-state index is 0. The normalized spacial score (nSPS) is 12.4. The molecule has 0 spiro atoms. The zero-order valence-electron chi connectivity index (χ0n) is 9.02. The van der Waals surface area contributed by atoms with Crippen LogP contribution in [0.1, 0.15) is 9.88 Å². The predicted molar refractivity (Wildman–Crippen MR) is 64.7 cm³/mol. The van der Waals surface area contributed by atoms with Crippen molar-refractivity contribution in [2.24, 2.45) is 0 Å². The molecule has 1 aliphatic carbocycles. The van der Waals surface area contributed by atoms with E-state index in [4.69, 9.17) is 0 Å².